The molecule has 1 aliphatic heterocycles. The van der Waals surface area contributed by atoms with E-state index in [1.54, 1.807) is 16.8 Å². The zero-order chi connectivity index (χ0) is 22.0. The van der Waals surface area contributed by atoms with E-state index in [0.717, 1.165) is 31.6 Å². The highest BCUT2D eigenvalue weighted by Crippen LogP contribution is 2.11. The van der Waals surface area contributed by atoms with Crippen LogP contribution in [0.2, 0.25) is 0 Å². The summed E-state index contributed by atoms with van der Waals surface area (Å²) in [5.41, 5.74) is 1.92. The molecule has 1 aliphatic rings. The van der Waals surface area contributed by atoms with Crippen molar-refractivity contribution in [3.63, 3.8) is 0 Å². The van der Waals surface area contributed by atoms with Gasteiger partial charge in [0.1, 0.15) is 16.8 Å². The molecule has 1 saturated heterocycles. The average molecular weight is 425 g/mol. The van der Waals surface area contributed by atoms with Crippen molar-refractivity contribution in [1.82, 2.24) is 24.2 Å². The molecule has 1 amide bonds. The van der Waals surface area contributed by atoms with E-state index in [1.807, 2.05) is 19.9 Å². The molecule has 4 heterocycles. The second kappa shape index (κ2) is 8.99. The zero-order valence-electron chi connectivity index (χ0n) is 18.0. The van der Waals surface area contributed by atoms with Gasteiger partial charge in [0.2, 0.25) is 0 Å². The van der Waals surface area contributed by atoms with E-state index >= 15 is 0 Å². The second-order valence-corrected chi connectivity index (χ2v) is 7.86. The van der Waals surface area contributed by atoms with Crippen molar-refractivity contribution in [2.75, 3.05) is 39.4 Å². The maximum absolute atomic E-state index is 13.2. The van der Waals surface area contributed by atoms with Crippen LogP contribution in [0.1, 0.15) is 29.3 Å². The van der Waals surface area contributed by atoms with Crippen molar-refractivity contribution in [2.24, 2.45) is 0 Å². The van der Waals surface area contributed by atoms with Gasteiger partial charge in [0, 0.05) is 38.9 Å². The van der Waals surface area contributed by atoms with Gasteiger partial charge in [0.25, 0.3) is 11.5 Å². The number of nitrogens with one attached hydrogen (secondary N) is 2. The number of ether oxygens (including phenoxy) is 1. The lowest BCUT2D eigenvalue weighted by Gasteiger charge is -2.26. The number of rotatable bonds is 6. The van der Waals surface area contributed by atoms with Gasteiger partial charge in [-0.3, -0.25) is 24.3 Å². The molecular formula is C22H28N6O3. The quantitative estimate of drug-likeness (QED) is 0.573. The molecule has 0 atom stereocenters. The van der Waals surface area contributed by atoms with Crippen molar-refractivity contribution in [2.45, 2.75) is 26.8 Å². The standard InChI is InChI=1S/C22H28N6O3/c1-3-7-27-19(23)16(21(29)24-6-8-26-9-11-31-12-10-26)13-17-20(27)25-18-5-4-15(2)14-28(18)22(17)30/h4-5,13-14,23H,3,6-12H2,1-2H3,(H,24,29). The van der Waals surface area contributed by atoms with Gasteiger partial charge in [-0.2, -0.15) is 0 Å². The van der Waals surface area contributed by atoms with E-state index in [2.05, 4.69) is 15.2 Å². The van der Waals surface area contributed by atoms with Gasteiger partial charge in [-0.05, 0) is 31.0 Å². The molecule has 0 aromatic carbocycles. The highest BCUT2D eigenvalue weighted by molar-refractivity contribution is 5.96. The number of hydrogen-bond donors (Lipinski definition) is 2. The fourth-order valence-corrected chi connectivity index (χ4v) is 3.91. The van der Waals surface area contributed by atoms with Gasteiger partial charge in [-0.1, -0.05) is 13.0 Å². The summed E-state index contributed by atoms with van der Waals surface area (Å²) in [5.74, 6) is -0.348. The number of carbonyl (C=O) groups excluding carboxylic acids is 1. The molecule has 0 saturated carbocycles. The number of fused-ring (bicyclic) bond motifs is 2. The summed E-state index contributed by atoms with van der Waals surface area (Å²) in [7, 11) is 0. The number of morpholine rings is 1. The third-order valence-corrected chi connectivity index (χ3v) is 5.56. The van der Waals surface area contributed by atoms with Gasteiger partial charge >= 0.3 is 0 Å². The van der Waals surface area contributed by atoms with Crippen LogP contribution in [0, 0.1) is 12.3 Å². The summed E-state index contributed by atoms with van der Waals surface area (Å²) >= 11 is 0. The molecule has 0 aliphatic carbocycles. The van der Waals surface area contributed by atoms with Crippen LogP contribution >= 0.6 is 0 Å². The van der Waals surface area contributed by atoms with E-state index in [9.17, 15) is 9.59 Å². The maximum Gasteiger partial charge on any atom is 0.267 e. The second-order valence-electron chi connectivity index (χ2n) is 7.86. The van der Waals surface area contributed by atoms with Crippen molar-refractivity contribution >= 4 is 22.6 Å². The molecule has 1 fully saturated rings. The predicted octanol–water partition coefficient (Wildman–Crippen LogP) is 0.909. The minimum atomic E-state index is -0.348. The Labute approximate surface area is 179 Å². The van der Waals surface area contributed by atoms with E-state index in [4.69, 9.17) is 10.1 Å². The predicted molar refractivity (Wildman–Crippen MR) is 117 cm³/mol. The number of hydrogen-bond acceptors (Lipinski definition) is 6. The molecule has 2 N–H and O–H groups in total. The van der Waals surface area contributed by atoms with Gasteiger partial charge < -0.3 is 14.6 Å². The van der Waals surface area contributed by atoms with E-state index in [1.165, 1.54) is 10.5 Å². The molecule has 4 rings (SSSR count). The lowest BCUT2D eigenvalue weighted by atomic mass is 10.2. The normalized spacial score (nSPS) is 14.9. The zero-order valence-corrected chi connectivity index (χ0v) is 18.0. The first kappa shape index (κ1) is 21.2. The minimum absolute atomic E-state index is 0.0709. The summed E-state index contributed by atoms with van der Waals surface area (Å²) < 4.78 is 8.50. The number of pyridine rings is 2. The van der Waals surface area contributed by atoms with Gasteiger partial charge in [0.05, 0.1) is 24.2 Å². The Morgan fingerprint density at radius 2 is 2.03 bits per heavy atom. The number of carbonyl (C=O) groups is 1. The summed E-state index contributed by atoms with van der Waals surface area (Å²) in [5, 5.41) is 11.9. The van der Waals surface area contributed by atoms with E-state index in [-0.39, 0.29) is 22.5 Å². The fraction of sp³-hybridized carbons (Fsp3) is 0.455. The first-order chi connectivity index (χ1) is 15.0. The smallest absolute Gasteiger partial charge is 0.267 e. The highest BCUT2D eigenvalue weighted by Gasteiger charge is 2.18. The molecule has 9 nitrogen and oxygen atoms in total. The van der Waals surface area contributed by atoms with E-state index < -0.39 is 0 Å². The Morgan fingerprint density at radius 1 is 1.26 bits per heavy atom. The van der Waals surface area contributed by atoms with Crippen LogP contribution in [0.5, 0.6) is 0 Å². The lowest BCUT2D eigenvalue weighted by molar-refractivity contribution is 0.0383. The third-order valence-electron chi connectivity index (χ3n) is 5.56. The largest absolute Gasteiger partial charge is 0.379 e. The van der Waals surface area contributed by atoms with Crippen LogP contribution in [-0.4, -0.2) is 64.2 Å². The lowest BCUT2D eigenvalue weighted by Crippen LogP contribution is -2.42. The Hall–Kier alpha value is -3.04. The number of amides is 1. The SMILES string of the molecule is CCCn1c(=N)c(C(=O)NCCN2CCOCC2)cc2c(=O)n3cc(C)ccc3nc21. The van der Waals surface area contributed by atoms with Gasteiger partial charge in [-0.25, -0.2) is 4.98 Å². The van der Waals surface area contributed by atoms with Gasteiger partial charge in [-0.15, -0.1) is 0 Å². The molecule has 3 aromatic heterocycles. The number of aromatic nitrogens is 3. The average Bonchev–Trinajstić information content (AvgIpc) is 2.77. The third kappa shape index (κ3) is 4.24. The minimum Gasteiger partial charge on any atom is -0.379 e. The van der Waals surface area contributed by atoms with Crippen molar-refractivity contribution in [1.29, 1.82) is 5.41 Å². The molecule has 0 unspecified atom stereocenters. The van der Waals surface area contributed by atoms with Crippen LogP contribution in [0.4, 0.5) is 0 Å². The summed E-state index contributed by atoms with van der Waals surface area (Å²) in [6.07, 6.45) is 2.49. The number of nitrogens with zero attached hydrogens (tertiary/aromatic N) is 4. The van der Waals surface area contributed by atoms with Crippen molar-refractivity contribution < 1.29 is 9.53 Å². The van der Waals surface area contributed by atoms with Crippen LogP contribution in [0.15, 0.2) is 29.2 Å². The first-order valence-electron chi connectivity index (χ1n) is 10.7. The van der Waals surface area contributed by atoms with Crippen molar-refractivity contribution in [3.05, 3.63) is 51.4 Å². The van der Waals surface area contributed by atoms with Crippen LogP contribution < -0.4 is 16.4 Å². The van der Waals surface area contributed by atoms with Crippen LogP contribution in [0.3, 0.4) is 0 Å². The Bertz CT molecular complexity index is 1240. The topological polar surface area (TPSA) is 105 Å². The Morgan fingerprint density at radius 3 is 2.77 bits per heavy atom. The summed E-state index contributed by atoms with van der Waals surface area (Å²) in [4.78, 5) is 33.0. The first-order valence-corrected chi connectivity index (χ1v) is 10.7. The summed E-state index contributed by atoms with van der Waals surface area (Å²) in [6.45, 7) is 8.70. The molecule has 3 aromatic rings. The fourth-order valence-electron chi connectivity index (χ4n) is 3.91. The van der Waals surface area contributed by atoms with Crippen LogP contribution in [-0.2, 0) is 11.3 Å². The Balaban J connectivity index is 1.72. The highest BCUT2D eigenvalue weighted by atomic mass is 16.5. The summed E-state index contributed by atoms with van der Waals surface area (Å²) in [6, 6.07) is 5.20. The molecule has 0 bridgehead atoms. The molecule has 0 radical (unpaired) electrons. The maximum atomic E-state index is 13.2. The monoisotopic (exact) mass is 424 g/mol. The van der Waals surface area contributed by atoms with Crippen LogP contribution in [0.25, 0.3) is 16.7 Å². The molecular weight excluding hydrogens is 396 g/mol. The number of aryl methyl sites for hydroxylation is 2. The Kier molecular flexibility index (Phi) is 6.15. The molecule has 164 valence electrons. The van der Waals surface area contributed by atoms with Gasteiger partial charge in [0.15, 0.2) is 0 Å². The molecule has 9 heteroatoms. The van der Waals surface area contributed by atoms with Crippen molar-refractivity contribution in [3.8, 4) is 0 Å². The molecule has 31 heavy (non-hydrogen) atoms. The molecule has 0 spiro atoms. The van der Waals surface area contributed by atoms with E-state index in [0.29, 0.717) is 43.0 Å².